The normalized spacial score (nSPS) is 7.92. The summed E-state index contributed by atoms with van der Waals surface area (Å²) in [6.45, 7) is 0. The maximum atomic E-state index is 10.2. The molecule has 1 rings (SSSR count). The Bertz CT molecular complexity index is 334. The van der Waals surface area contributed by atoms with Crippen LogP contribution in [-0.4, -0.2) is 4.92 Å². The number of nitro benzene ring substituents is 1. The molecule has 1 aromatic carbocycles. The molecule has 1 aromatic rings. The fraction of sp³-hybridized carbons (Fsp3) is 0. The molecule has 0 fully saturated rings. The van der Waals surface area contributed by atoms with E-state index in [9.17, 15) is 10.1 Å². The Morgan fingerprint density at radius 1 is 1.42 bits per heavy atom. The number of nitrogens with zero attached hydrogens (tertiary/aromatic N) is 3. The van der Waals surface area contributed by atoms with Crippen molar-refractivity contribution in [1.82, 2.24) is 0 Å². The first kappa shape index (κ1) is 10.3. The molecule has 5 nitrogen and oxygen atoms in total. The van der Waals surface area contributed by atoms with Crippen LogP contribution in [0.1, 0.15) is 0 Å². The zero-order valence-electron chi connectivity index (χ0n) is 5.85. The largest absolute Gasteiger partial charge is 1.00 e. The molecule has 0 N–H and O–H groups in total. The number of halogens is 1. The molecule has 0 atom stereocenters. The predicted octanol–water partition coefficient (Wildman–Crippen LogP) is -0.917. The summed E-state index contributed by atoms with van der Waals surface area (Å²) in [6.07, 6.45) is 0. The average molecular weight is 186 g/mol. The minimum absolute atomic E-state index is 0. The van der Waals surface area contributed by atoms with E-state index in [-0.39, 0.29) is 23.8 Å². The molecular formula is C6H4ClN3O2. The molecule has 0 saturated heterocycles. The summed E-state index contributed by atoms with van der Waals surface area (Å²) >= 11 is 0. The van der Waals surface area contributed by atoms with Crippen molar-refractivity contribution in [2.75, 3.05) is 0 Å². The van der Waals surface area contributed by atoms with Crippen molar-refractivity contribution in [2.45, 2.75) is 0 Å². The summed E-state index contributed by atoms with van der Waals surface area (Å²) in [5.74, 6) is 0. The summed E-state index contributed by atoms with van der Waals surface area (Å²) in [7, 11) is 0. The van der Waals surface area contributed by atoms with Gasteiger partial charge in [0.25, 0.3) is 0 Å². The van der Waals surface area contributed by atoms with Crippen molar-refractivity contribution in [1.29, 1.82) is 5.39 Å². The number of benzene rings is 1. The molecule has 0 aromatic heterocycles. The van der Waals surface area contributed by atoms with Crippen molar-refractivity contribution < 1.29 is 17.3 Å². The Hall–Kier alpha value is -1.67. The van der Waals surface area contributed by atoms with Crippen LogP contribution in [0.4, 0.5) is 11.4 Å². The van der Waals surface area contributed by atoms with Crippen molar-refractivity contribution in [2.24, 2.45) is 0 Å². The maximum absolute atomic E-state index is 10.2. The summed E-state index contributed by atoms with van der Waals surface area (Å²) in [6, 6.07) is 5.70. The lowest BCUT2D eigenvalue weighted by Gasteiger charge is -1.83. The van der Waals surface area contributed by atoms with E-state index < -0.39 is 4.92 Å². The monoisotopic (exact) mass is 185 g/mol. The van der Waals surface area contributed by atoms with Gasteiger partial charge in [0.05, 0.1) is 4.92 Å². The predicted molar refractivity (Wildman–Crippen MR) is 37.8 cm³/mol. The molecule has 0 amide bonds. The number of nitro groups is 1. The quantitative estimate of drug-likeness (QED) is 0.323. The second-order valence-electron chi connectivity index (χ2n) is 1.85. The number of hydrogen-bond donors (Lipinski definition) is 0. The smallest absolute Gasteiger partial charge is 0.461 e. The number of diazo groups is 1. The molecule has 0 radical (unpaired) electrons. The molecular weight excluding hydrogens is 182 g/mol. The molecule has 0 bridgehead atoms. The molecule has 6 heteroatoms. The molecule has 0 saturated carbocycles. The number of hydrogen-bond acceptors (Lipinski definition) is 3. The molecule has 0 spiro atoms. The number of rotatable bonds is 1. The van der Waals surface area contributed by atoms with Crippen molar-refractivity contribution in [3.8, 4) is 0 Å². The van der Waals surface area contributed by atoms with E-state index in [0.717, 1.165) is 0 Å². The highest BCUT2D eigenvalue weighted by atomic mass is 35.5. The Kier molecular flexibility index (Phi) is 3.67. The zero-order chi connectivity index (χ0) is 8.27. The van der Waals surface area contributed by atoms with Crippen LogP contribution in [0.5, 0.6) is 0 Å². The number of para-hydroxylation sites is 1. The second-order valence-corrected chi connectivity index (χ2v) is 1.85. The van der Waals surface area contributed by atoms with E-state index in [1.807, 2.05) is 0 Å². The highest BCUT2D eigenvalue weighted by Crippen LogP contribution is 2.25. The summed E-state index contributed by atoms with van der Waals surface area (Å²) in [4.78, 5) is 12.4. The standard InChI is InChI=1S/C6H4N3O2.ClH/c7-8-5-3-1-2-4-6(5)9(10)11;/h1-4H;1H/q+1;/p-1. The highest BCUT2D eigenvalue weighted by molar-refractivity contribution is 5.61. The van der Waals surface area contributed by atoms with Gasteiger partial charge in [-0.05, 0) is 0 Å². The lowest BCUT2D eigenvalue weighted by atomic mass is 10.3. The van der Waals surface area contributed by atoms with E-state index in [1.54, 1.807) is 6.07 Å². The first-order chi connectivity index (χ1) is 5.25. The minimum atomic E-state index is -0.602. The molecule has 0 aliphatic carbocycles. The zero-order valence-corrected chi connectivity index (χ0v) is 6.60. The van der Waals surface area contributed by atoms with Gasteiger partial charge in [0.1, 0.15) is 0 Å². The lowest BCUT2D eigenvalue weighted by Crippen LogP contribution is -3.00. The lowest BCUT2D eigenvalue weighted by molar-refractivity contribution is -0.383. The Balaban J connectivity index is 0.00000121. The van der Waals surface area contributed by atoms with E-state index in [0.29, 0.717) is 0 Å². The SMILES string of the molecule is N#[N+]c1ccccc1[N+](=O)[O-].[Cl-]. The molecule has 0 unspecified atom stereocenters. The van der Waals surface area contributed by atoms with Crippen molar-refractivity contribution >= 4 is 11.4 Å². The van der Waals surface area contributed by atoms with Crippen molar-refractivity contribution in [3.63, 3.8) is 0 Å². The summed E-state index contributed by atoms with van der Waals surface area (Å²) in [5.41, 5.74) is -0.229. The van der Waals surface area contributed by atoms with E-state index in [4.69, 9.17) is 5.39 Å². The van der Waals surface area contributed by atoms with Gasteiger partial charge in [-0.3, -0.25) is 10.1 Å². The topological polar surface area (TPSA) is 71.3 Å². The summed E-state index contributed by atoms with van der Waals surface area (Å²) < 4.78 is 0. The van der Waals surface area contributed by atoms with Gasteiger partial charge < -0.3 is 12.4 Å². The Labute approximate surface area is 74.2 Å². The van der Waals surface area contributed by atoms with Crippen LogP contribution < -0.4 is 12.4 Å². The third kappa shape index (κ3) is 1.90. The molecule has 0 aliphatic rings. The van der Waals surface area contributed by atoms with Crippen LogP contribution in [0.15, 0.2) is 24.3 Å². The third-order valence-corrected chi connectivity index (χ3v) is 1.19. The third-order valence-electron chi connectivity index (χ3n) is 1.19. The van der Waals surface area contributed by atoms with Gasteiger partial charge >= 0.3 is 11.4 Å². The Morgan fingerprint density at radius 3 is 2.42 bits per heavy atom. The van der Waals surface area contributed by atoms with E-state index in [1.165, 1.54) is 18.2 Å². The minimum Gasteiger partial charge on any atom is -1.00 e. The van der Waals surface area contributed by atoms with Gasteiger partial charge in [-0.25, -0.2) is 0 Å². The van der Waals surface area contributed by atoms with Gasteiger partial charge in [-0.2, -0.15) is 0 Å². The molecule has 0 aliphatic heterocycles. The Morgan fingerprint density at radius 2 is 2.00 bits per heavy atom. The van der Waals surface area contributed by atoms with Crippen LogP contribution >= 0.6 is 0 Å². The van der Waals surface area contributed by atoms with Crippen LogP contribution in [0, 0.1) is 15.5 Å². The molecule has 12 heavy (non-hydrogen) atoms. The van der Waals surface area contributed by atoms with Crippen molar-refractivity contribution in [3.05, 3.63) is 39.4 Å². The fourth-order valence-electron chi connectivity index (χ4n) is 0.703. The molecule has 62 valence electrons. The van der Waals surface area contributed by atoms with Crippen LogP contribution in [0.3, 0.4) is 0 Å². The van der Waals surface area contributed by atoms with E-state index >= 15 is 0 Å². The van der Waals surface area contributed by atoms with Gasteiger partial charge in [0, 0.05) is 12.1 Å². The maximum Gasteiger partial charge on any atom is 0.461 e. The fourth-order valence-corrected chi connectivity index (χ4v) is 0.703. The van der Waals surface area contributed by atoms with Gasteiger partial charge in [0.15, 0.2) is 4.98 Å². The molecule has 0 heterocycles. The van der Waals surface area contributed by atoms with Crippen LogP contribution in [-0.2, 0) is 0 Å². The van der Waals surface area contributed by atoms with Crippen LogP contribution in [0.25, 0.3) is 4.98 Å². The first-order valence-corrected chi connectivity index (χ1v) is 2.84. The average Bonchev–Trinajstić information content (AvgIpc) is 2.04. The van der Waals surface area contributed by atoms with Gasteiger partial charge in [-0.15, -0.1) is 0 Å². The van der Waals surface area contributed by atoms with Gasteiger partial charge in [-0.1, -0.05) is 12.1 Å². The van der Waals surface area contributed by atoms with E-state index in [2.05, 4.69) is 4.98 Å². The highest BCUT2D eigenvalue weighted by Gasteiger charge is 2.22. The first-order valence-electron chi connectivity index (χ1n) is 2.84. The second kappa shape index (κ2) is 4.26. The van der Waals surface area contributed by atoms with Crippen LogP contribution in [0.2, 0.25) is 0 Å². The summed E-state index contributed by atoms with van der Waals surface area (Å²) in [5, 5.41) is 18.5. The van der Waals surface area contributed by atoms with Gasteiger partial charge in [0.2, 0.25) is 5.39 Å².